The molecule has 0 saturated carbocycles. The van der Waals surface area contributed by atoms with E-state index in [1.54, 1.807) is 83.6 Å². The number of furan rings is 1. The highest BCUT2D eigenvalue weighted by Gasteiger charge is 2.35. The SMILES string of the molecule is O=C(NCc1ccco1)Nc1ccc(NC(=O)C2CSCN2C(=O)c2ccccc2)cc1. The lowest BCUT2D eigenvalue weighted by atomic mass is 10.1. The minimum absolute atomic E-state index is 0.157. The molecule has 0 aliphatic carbocycles. The number of benzene rings is 2. The Labute approximate surface area is 189 Å². The quantitative estimate of drug-likeness (QED) is 0.531. The van der Waals surface area contributed by atoms with Crippen molar-refractivity contribution in [1.29, 1.82) is 0 Å². The Morgan fingerprint density at radius 1 is 0.938 bits per heavy atom. The number of nitrogens with one attached hydrogen (secondary N) is 3. The van der Waals surface area contributed by atoms with Crippen LogP contribution in [0.3, 0.4) is 0 Å². The molecule has 0 bridgehead atoms. The van der Waals surface area contributed by atoms with Crippen LogP contribution in [0.25, 0.3) is 0 Å². The smallest absolute Gasteiger partial charge is 0.319 e. The van der Waals surface area contributed by atoms with Crippen molar-refractivity contribution in [3.8, 4) is 0 Å². The van der Waals surface area contributed by atoms with Crippen LogP contribution in [-0.4, -0.2) is 40.4 Å². The molecule has 0 spiro atoms. The highest BCUT2D eigenvalue weighted by molar-refractivity contribution is 7.99. The van der Waals surface area contributed by atoms with E-state index in [4.69, 9.17) is 4.42 Å². The third-order valence-electron chi connectivity index (χ3n) is 4.88. The van der Waals surface area contributed by atoms with Gasteiger partial charge in [0.2, 0.25) is 5.91 Å². The van der Waals surface area contributed by atoms with Gasteiger partial charge in [-0.25, -0.2) is 4.79 Å². The average Bonchev–Trinajstić information content (AvgIpc) is 3.51. The zero-order valence-corrected chi connectivity index (χ0v) is 17.9. The summed E-state index contributed by atoms with van der Waals surface area (Å²) in [5, 5.41) is 8.27. The van der Waals surface area contributed by atoms with E-state index < -0.39 is 6.04 Å². The van der Waals surface area contributed by atoms with Gasteiger partial charge in [-0.15, -0.1) is 11.8 Å². The fourth-order valence-corrected chi connectivity index (χ4v) is 4.38. The van der Waals surface area contributed by atoms with Crippen molar-refractivity contribution in [1.82, 2.24) is 10.2 Å². The van der Waals surface area contributed by atoms with Gasteiger partial charge in [-0.2, -0.15) is 0 Å². The maximum Gasteiger partial charge on any atom is 0.319 e. The molecule has 1 fully saturated rings. The van der Waals surface area contributed by atoms with Gasteiger partial charge < -0.3 is 25.3 Å². The van der Waals surface area contributed by atoms with Gasteiger partial charge in [0.15, 0.2) is 0 Å². The lowest BCUT2D eigenvalue weighted by Crippen LogP contribution is -2.44. The standard InChI is InChI=1S/C23H22N4O4S/c28-21(20-14-32-15-27(20)22(29)16-5-2-1-3-6-16)25-17-8-10-18(11-9-17)26-23(30)24-13-19-7-4-12-31-19/h1-12,20H,13-15H2,(H,25,28)(H2,24,26,30). The number of thioether (sulfide) groups is 1. The van der Waals surface area contributed by atoms with Crippen LogP contribution in [0.15, 0.2) is 77.4 Å². The highest BCUT2D eigenvalue weighted by atomic mass is 32.2. The molecule has 1 aliphatic heterocycles. The second-order valence-corrected chi connectivity index (χ2v) is 8.11. The normalized spacial score (nSPS) is 15.2. The van der Waals surface area contributed by atoms with Crippen molar-refractivity contribution in [2.45, 2.75) is 12.6 Å². The van der Waals surface area contributed by atoms with Crippen molar-refractivity contribution < 1.29 is 18.8 Å². The number of hydrogen-bond acceptors (Lipinski definition) is 5. The van der Waals surface area contributed by atoms with Gasteiger partial charge in [0.25, 0.3) is 5.91 Å². The van der Waals surface area contributed by atoms with Crippen molar-refractivity contribution in [3.05, 3.63) is 84.3 Å². The molecule has 1 atom stereocenters. The van der Waals surface area contributed by atoms with Gasteiger partial charge in [0, 0.05) is 22.7 Å². The van der Waals surface area contributed by atoms with Crippen LogP contribution < -0.4 is 16.0 Å². The fourth-order valence-electron chi connectivity index (χ4n) is 3.22. The van der Waals surface area contributed by atoms with E-state index in [1.165, 1.54) is 0 Å². The van der Waals surface area contributed by atoms with E-state index in [2.05, 4.69) is 16.0 Å². The Morgan fingerprint density at radius 3 is 2.34 bits per heavy atom. The molecule has 4 rings (SSSR count). The summed E-state index contributed by atoms with van der Waals surface area (Å²) in [6.07, 6.45) is 1.54. The topological polar surface area (TPSA) is 104 Å². The molecule has 2 aromatic carbocycles. The number of amides is 4. The zero-order valence-electron chi connectivity index (χ0n) is 17.1. The highest BCUT2D eigenvalue weighted by Crippen LogP contribution is 2.24. The molecule has 1 aliphatic rings. The number of nitrogens with zero attached hydrogens (tertiary/aromatic N) is 1. The van der Waals surface area contributed by atoms with Crippen LogP contribution in [0.4, 0.5) is 16.2 Å². The summed E-state index contributed by atoms with van der Waals surface area (Å²) in [6, 6.07) is 18.4. The molecule has 3 aromatic rings. The first-order chi connectivity index (χ1) is 15.6. The van der Waals surface area contributed by atoms with Gasteiger partial charge in [0.05, 0.1) is 18.7 Å². The summed E-state index contributed by atoms with van der Waals surface area (Å²) >= 11 is 1.55. The van der Waals surface area contributed by atoms with Crippen molar-refractivity contribution in [2.24, 2.45) is 0 Å². The van der Waals surface area contributed by atoms with Gasteiger partial charge in [-0.3, -0.25) is 9.59 Å². The Balaban J connectivity index is 1.31. The van der Waals surface area contributed by atoms with Crippen molar-refractivity contribution >= 4 is 41.0 Å². The monoisotopic (exact) mass is 450 g/mol. The summed E-state index contributed by atoms with van der Waals surface area (Å²) in [5.41, 5.74) is 1.73. The maximum atomic E-state index is 12.8. The molecule has 1 unspecified atom stereocenters. The van der Waals surface area contributed by atoms with Gasteiger partial charge in [-0.1, -0.05) is 18.2 Å². The van der Waals surface area contributed by atoms with E-state index in [9.17, 15) is 14.4 Å². The molecule has 1 aromatic heterocycles. The third-order valence-corrected chi connectivity index (χ3v) is 5.89. The second kappa shape index (κ2) is 10.1. The minimum Gasteiger partial charge on any atom is -0.467 e. The lowest BCUT2D eigenvalue weighted by Gasteiger charge is -2.23. The molecule has 0 radical (unpaired) electrons. The van der Waals surface area contributed by atoms with Crippen LogP contribution in [0.2, 0.25) is 0 Å². The first kappa shape index (κ1) is 21.5. The number of hydrogen-bond donors (Lipinski definition) is 3. The van der Waals surface area contributed by atoms with Crippen molar-refractivity contribution in [2.75, 3.05) is 22.3 Å². The number of carbonyl (C=O) groups excluding carboxylic acids is 3. The third kappa shape index (κ3) is 5.30. The molecule has 32 heavy (non-hydrogen) atoms. The summed E-state index contributed by atoms with van der Waals surface area (Å²) in [7, 11) is 0. The summed E-state index contributed by atoms with van der Waals surface area (Å²) in [6.45, 7) is 0.282. The van der Waals surface area contributed by atoms with E-state index in [1.807, 2.05) is 6.07 Å². The average molecular weight is 451 g/mol. The first-order valence-corrected chi connectivity index (χ1v) is 11.2. The molecule has 3 N–H and O–H groups in total. The molecule has 2 heterocycles. The Kier molecular flexibility index (Phi) is 6.76. The van der Waals surface area contributed by atoms with Crippen LogP contribution in [0, 0.1) is 0 Å². The van der Waals surface area contributed by atoms with Gasteiger partial charge >= 0.3 is 6.03 Å². The number of anilines is 2. The molecule has 1 saturated heterocycles. The number of urea groups is 1. The number of rotatable bonds is 6. The predicted molar refractivity (Wildman–Crippen MR) is 123 cm³/mol. The summed E-state index contributed by atoms with van der Waals surface area (Å²) < 4.78 is 5.17. The molecular formula is C23H22N4O4S. The molecule has 164 valence electrons. The van der Waals surface area contributed by atoms with E-state index in [0.717, 1.165) is 0 Å². The number of carbonyl (C=O) groups is 3. The Morgan fingerprint density at radius 2 is 1.66 bits per heavy atom. The van der Waals surface area contributed by atoms with Crippen molar-refractivity contribution in [3.63, 3.8) is 0 Å². The molecular weight excluding hydrogens is 428 g/mol. The predicted octanol–water partition coefficient (Wildman–Crippen LogP) is 3.76. The van der Waals surface area contributed by atoms with Gasteiger partial charge in [-0.05, 0) is 48.5 Å². The van der Waals surface area contributed by atoms with E-state index >= 15 is 0 Å². The van der Waals surface area contributed by atoms with E-state index in [-0.39, 0.29) is 24.4 Å². The first-order valence-electron chi connectivity index (χ1n) is 10.0. The zero-order chi connectivity index (χ0) is 22.3. The molecule has 4 amide bonds. The van der Waals surface area contributed by atoms with Crippen LogP contribution in [0.1, 0.15) is 16.1 Å². The van der Waals surface area contributed by atoms with Crippen LogP contribution >= 0.6 is 11.8 Å². The summed E-state index contributed by atoms with van der Waals surface area (Å²) in [4.78, 5) is 39.2. The molecule has 8 nitrogen and oxygen atoms in total. The largest absolute Gasteiger partial charge is 0.467 e. The lowest BCUT2D eigenvalue weighted by molar-refractivity contribution is -0.119. The Bertz CT molecular complexity index is 1070. The van der Waals surface area contributed by atoms with Gasteiger partial charge in [0.1, 0.15) is 11.8 Å². The van der Waals surface area contributed by atoms with E-state index in [0.29, 0.717) is 34.3 Å². The fraction of sp³-hybridized carbons (Fsp3) is 0.174. The molecule has 9 heteroatoms. The Hall–Kier alpha value is -3.72. The van der Waals surface area contributed by atoms with Crippen LogP contribution in [-0.2, 0) is 11.3 Å². The minimum atomic E-state index is -0.544. The second-order valence-electron chi connectivity index (χ2n) is 7.11. The van der Waals surface area contributed by atoms with Crippen LogP contribution in [0.5, 0.6) is 0 Å². The summed E-state index contributed by atoms with van der Waals surface area (Å²) in [5.74, 6) is 1.27. The maximum absolute atomic E-state index is 12.8.